The molecule has 15 heavy (non-hydrogen) atoms. The Kier molecular flexibility index (Phi) is 2.66. The molecule has 1 aromatic carbocycles. The van der Waals surface area contributed by atoms with E-state index in [1.54, 1.807) is 0 Å². The second-order valence-corrected chi connectivity index (χ2v) is 3.64. The Morgan fingerprint density at radius 1 is 1.33 bits per heavy atom. The van der Waals surface area contributed by atoms with Crippen LogP contribution in [-0.2, 0) is 0 Å². The first-order valence-corrected chi connectivity index (χ1v) is 4.86. The molecule has 80 valence electrons. The summed E-state index contributed by atoms with van der Waals surface area (Å²) in [5.74, 6) is -0.605. The summed E-state index contributed by atoms with van der Waals surface area (Å²) in [5.41, 5.74) is 0.408. The zero-order chi connectivity index (χ0) is 10.8. The number of alkyl halides is 1. The molecule has 1 aliphatic rings. The summed E-state index contributed by atoms with van der Waals surface area (Å²) in [6.07, 6.45) is -0.526. The third-order valence-corrected chi connectivity index (χ3v) is 2.51. The molecule has 1 aromatic rings. The van der Waals surface area contributed by atoms with Crippen LogP contribution in [0.1, 0.15) is 16.8 Å². The Hall–Kier alpha value is -1.45. The SMILES string of the molecule is O=C(c1ccc(F)cc1)N1CCC(F)C1. The van der Waals surface area contributed by atoms with Crippen LogP contribution in [0.5, 0.6) is 0 Å². The van der Waals surface area contributed by atoms with Crippen molar-refractivity contribution in [3.8, 4) is 0 Å². The molecule has 2 rings (SSSR count). The van der Waals surface area contributed by atoms with Crippen molar-refractivity contribution in [1.82, 2.24) is 4.90 Å². The van der Waals surface area contributed by atoms with Crippen LogP contribution < -0.4 is 0 Å². The van der Waals surface area contributed by atoms with Gasteiger partial charge in [0.15, 0.2) is 0 Å². The predicted octanol–water partition coefficient (Wildman–Crippen LogP) is 2.01. The van der Waals surface area contributed by atoms with Gasteiger partial charge in [0.1, 0.15) is 12.0 Å². The van der Waals surface area contributed by atoms with E-state index in [4.69, 9.17) is 0 Å². The van der Waals surface area contributed by atoms with Crippen molar-refractivity contribution in [2.24, 2.45) is 0 Å². The summed E-state index contributed by atoms with van der Waals surface area (Å²) in [6, 6.07) is 5.30. The van der Waals surface area contributed by atoms with Gasteiger partial charge in [0.25, 0.3) is 5.91 Å². The average Bonchev–Trinajstić information content (AvgIpc) is 2.65. The van der Waals surface area contributed by atoms with E-state index in [1.165, 1.54) is 29.2 Å². The van der Waals surface area contributed by atoms with E-state index >= 15 is 0 Å². The molecule has 1 fully saturated rings. The van der Waals surface area contributed by atoms with Crippen molar-refractivity contribution < 1.29 is 13.6 Å². The highest BCUT2D eigenvalue weighted by molar-refractivity contribution is 5.94. The van der Waals surface area contributed by atoms with Gasteiger partial charge in [-0.3, -0.25) is 4.79 Å². The third-order valence-electron chi connectivity index (χ3n) is 2.51. The molecule has 1 amide bonds. The van der Waals surface area contributed by atoms with Gasteiger partial charge in [-0.15, -0.1) is 0 Å². The molecule has 0 saturated carbocycles. The quantitative estimate of drug-likeness (QED) is 0.695. The first-order chi connectivity index (χ1) is 7.16. The van der Waals surface area contributed by atoms with Crippen LogP contribution in [0.4, 0.5) is 8.78 Å². The summed E-state index contributed by atoms with van der Waals surface area (Å²) in [5, 5.41) is 0. The van der Waals surface area contributed by atoms with Gasteiger partial charge >= 0.3 is 0 Å². The molecule has 1 heterocycles. The van der Waals surface area contributed by atoms with E-state index in [1.807, 2.05) is 0 Å². The van der Waals surface area contributed by atoms with Crippen molar-refractivity contribution in [2.75, 3.05) is 13.1 Å². The normalized spacial score (nSPS) is 20.7. The Morgan fingerprint density at radius 3 is 2.53 bits per heavy atom. The number of nitrogens with zero attached hydrogens (tertiary/aromatic N) is 1. The first kappa shape index (κ1) is 10.1. The van der Waals surface area contributed by atoms with Crippen LogP contribution in [0.15, 0.2) is 24.3 Å². The van der Waals surface area contributed by atoms with E-state index in [2.05, 4.69) is 0 Å². The third kappa shape index (κ3) is 2.14. The number of carbonyl (C=O) groups excluding carboxylic acids is 1. The number of carbonyl (C=O) groups is 1. The monoisotopic (exact) mass is 211 g/mol. The largest absolute Gasteiger partial charge is 0.336 e. The lowest BCUT2D eigenvalue weighted by Gasteiger charge is -2.14. The summed E-state index contributed by atoms with van der Waals surface area (Å²) in [7, 11) is 0. The standard InChI is InChI=1S/C11H11F2NO/c12-9-3-1-8(2-4-9)11(15)14-6-5-10(13)7-14/h1-4,10H,5-7H2. The second kappa shape index (κ2) is 3.96. The molecule has 0 spiro atoms. The molecule has 4 heteroatoms. The fourth-order valence-electron chi connectivity index (χ4n) is 1.68. The molecular formula is C11H11F2NO. The minimum atomic E-state index is -0.922. The highest BCUT2D eigenvalue weighted by Gasteiger charge is 2.26. The fourth-order valence-corrected chi connectivity index (χ4v) is 1.68. The molecule has 0 N–H and O–H groups in total. The molecule has 0 bridgehead atoms. The number of halogens is 2. The van der Waals surface area contributed by atoms with Crippen molar-refractivity contribution in [2.45, 2.75) is 12.6 Å². The van der Waals surface area contributed by atoms with E-state index < -0.39 is 6.17 Å². The summed E-state index contributed by atoms with van der Waals surface area (Å²) >= 11 is 0. The molecule has 2 nitrogen and oxygen atoms in total. The average molecular weight is 211 g/mol. The van der Waals surface area contributed by atoms with Crippen molar-refractivity contribution in [1.29, 1.82) is 0 Å². The zero-order valence-corrected chi connectivity index (χ0v) is 8.12. The van der Waals surface area contributed by atoms with Crippen molar-refractivity contribution >= 4 is 5.91 Å². The molecular weight excluding hydrogens is 200 g/mol. The Bertz CT molecular complexity index is 363. The summed E-state index contributed by atoms with van der Waals surface area (Å²) < 4.78 is 25.5. The fraction of sp³-hybridized carbons (Fsp3) is 0.364. The highest BCUT2D eigenvalue weighted by Crippen LogP contribution is 2.15. The Morgan fingerprint density at radius 2 is 2.00 bits per heavy atom. The topological polar surface area (TPSA) is 20.3 Å². The van der Waals surface area contributed by atoms with Gasteiger partial charge in [0, 0.05) is 12.1 Å². The van der Waals surface area contributed by atoms with Crippen LogP contribution in [0, 0.1) is 5.82 Å². The van der Waals surface area contributed by atoms with Crippen LogP contribution in [0.3, 0.4) is 0 Å². The van der Waals surface area contributed by atoms with Crippen molar-refractivity contribution in [3.63, 3.8) is 0 Å². The van der Waals surface area contributed by atoms with Gasteiger partial charge in [-0.25, -0.2) is 8.78 Å². The van der Waals surface area contributed by atoms with E-state index in [0.29, 0.717) is 18.5 Å². The van der Waals surface area contributed by atoms with Gasteiger partial charge < -0.3 is 4.90 Å². The predicted molar refractivity (Wildman–Crippen MR) is 51.8 cm³/mol. The van der Waals surface area contributed by atoms with Gasteiger partial charge in [-0.1, -0.05) is 0 Å². The maximum absolute atomic E-state index is 12.9. The molecule has 0 aromatic heterocycles. The minimum Gasteiger partial charge on any atom is -0.336 e. The number of hydrogen-bond acceptors (Lipinski definition) is 1. The van der Waals surface area contributed by atoms with Crippen LogP contribution in [0.2, 0.25) is 0 Å². The number of rotatable bonds is 1. The number of amides is 1. The number of likely N-dealkylation sites (tertiary alicyclic amines) is 1. The van der Waals surface area contributed by atoms with E-state index in [0.717, 1.165) is 0 Å². The molecule has 1 atom stereocenters. The lowest BCUT2D eigenvalue weighted by atomic mass is 10.2. The maximum Gasteiger partial charge on any atom is 0.253 e. The molecule has 1 aliphatic heterocycles. The van der Waals surface area contributed by atoms with Gasteiger partial charge in [-0.05, 0) is 30.7 Å². The molecule has 1 unspecified atom stereocenters. The lowest BCUT2D eigenvalue weighted by molar-refractivity contribution is 0.0783. The van der Waals surface area contributed by atoms with Gasteiger partial charge in [0.2, 0.25) is 0 Å². The van der Waals surface area contributed by atoms with Crippen LogP contribution in [-0.4, -0.2) is 30.1 Å². The zero-order valence-electron chi connectivity index (χ0n) is 8.12. The number of hydrogen-bond donors (Lipinski definition) is 0. The molecule has 0 aliphatic carbocycles. The molecule has 0 radical (unpaired) electrons. The maximum atomic E-state index is 12.9. The smallest absolute Gasteiger partial charge is 0.253 e. The lowest BCUT2D eigenvalue weighted by Crippen LogP contribution is -2.28. The van der Waals surface area contributed by atoms with Gasteiger partial charge in [-0.2, -0.15) is 0 Å². The number of benzene rings is 1. The Labute approximate surface area is 86.5 Å². The van der Waals surface area contributed by atoms with E-state index in [-0.39, 0.29) is 18.3 Å². The highest BCUT2D eigenvalue weighted by atomic mass is 19.1. The van der Waals surface area contributed by atoms with Gasteiger partial charge in [0.05, 0.1) is 6.54 Å². The Balaban J connectivity index is 2.11. The van der Waals surface area contributed by atoms with Crippen molar-refractivity contribution in [3.05, 3.63) is 35.6 Å². The first-order valence-electron chi connectivity index (χ1n) is 4.86. The van der Waals surface area contributed by atoms with Crippen LogP contribution in [0.25, 0.3) is 0 Å². The van der Waals surface area contributed by atoms with E-state index in [9.17, 15) is 13.6 Å². The summed E-state index contributed by atoms with van der Waals surface area (Å²) in [6.45, 7) is 0.591. The summed E-state index contributed by atoms with van der Waals surface area (Å²) in [4.78, 5) is 13.2. The molecule has 1 saturated heterocycles. The van der Waals surface area contributed by atoms with Crippen LogP contribution >= 0.6 is 0 Å². The minimum absolute atomic E-state index is 0.149. The second-order valence-electron chi connectivity index (χ2n) is 3.64.